The van der Waals surface area contributed by atoms with Crippen LogP contribution in [0.3, 0.4) is 0 Å². The van der Waals surface area contributed by atoms with Gasteiger partial charge in [-0.25, -0.2) is 9.59 Å². The minimum absolute atomic E-state index is 0.547. The highest BCUT2D eigenvalue weighted by Gasteiger charge is 2.13. The van der Waals surface area contributed by atoms with Crippen LogP contribution < -0.4 is 23.3 Å². The van der Waals surface area contributed by atoms with Crippen LogP contribution in [0.4, 0.5) is 0 Å². The van der Waals surface area contributed by atoms with Crippen molar-refractivity contribution in [1.82, 2.24) is 0 Å². The summed E-state index contributed by atoms with van der Waals surface area (Å²) < 4.78 is 7.83. The Hall–Kier alpha value is -0.500. The number of hydrogen-bond acceptors (Lipinski definition) is 12. The van der Waals surface area contributed by atoms with Gasteiger partial charge in [0.05, 0.1) is 0 Å². The van der Waals surface area contributed by atoms with E-state index in [9.17, 15) is 9.59 Å². The van der Waals surface area contributed by atoms with E-state index < -0.39 is 24.0 Å². The fourth-order valence-electron chi connectivity index (χ4n) is 0.900. The van der Waals surface area contributed by atoms with Gasteiger partial charge in [-0.2, -0.15) is 39.5 Å². The number of rotatable bonds is 8. The first-order valence-electron chi connectivity index (χ1n) is 5.91. The maximum Gasteiger partial charge on any atom is 0.341 e. The highest BCUT2D eigenvalue weighted by Crippen LogP contribution is 1.99. The van der Waals surface area contributed by atoms with Crippen LogP contribution >= 0.6 is 23.5 Å². The lowest BCUT2D eigenvalue weighted by Crippen LogP contribution is -2.34. The smallest absolute Gasteiger partial charge is 0.341 e. The second-order valence-corrected chi connectivity index (χ2v) is 5.62. The molecule has 0 saturated heterocycles. The molecule has 0 fully saturated rings. The monoisotopic (exact) mass is 376 g/mol. The number of carbonyl (C=O) groups is 2. The summed E-state index contributed by atoms with van der Waals surface area (Å²) in [6.45, 7) is 0. The molecule has 0 heterocycles. The first kappa shape index (κ1) is 26.4. The van der Waals surface area contributed by atoms with E-state index in [0.29, 0.717) is 12.8 Å². The lowest BCUT2D eigenvalue weighted by Gasteiger charge is -2.05. The van der Waals surface area contributed by atoms with Gasteiger partial charge in [-0.05, 0) is 36.9 Å². The highest BCUT2D eigenvalue weighted by atomic mass is 32.2. The summed E-state index contributed by atoms with van der Waals surface area (Å²) in [7, 11) is 0. The molecule has 0 aliphatic carbocycles. The van der Waals surface area contributed by atoms with E-state index in [1.807, 2.05) is 12.5 Å². The molecule has 0 aliphatic rings. The zero-order valence-corrected chi connectivity index (χ0v) is 15.0. The Morgan fingerprint density at radius 3 is 1.36 bits per heavy atom. The van der Waals surface area contributed by atoms with Crippen molar-refractivity contribution in [2.75, 3.05) is 24.0 Å². The van der Waals surface area contributed by atoms with Crippen LogP contribution in [0.25, 0.3) is 0 Å². The zero-order valence-electron chi connectivity index (χ0n) is 12.6. The Balaban J connectivity index is -0.000000294. The highest BCUT2D eigenvalue weighted by molar-refractivity contribution is 7.98. The lowest BCUT2D eigenvalue weighted by atomic mass is 10.2. The summed E-state index contributed by atoms with van der Waals surface area (Å²) in [5.74, 6) is 9.81. The molecule has 12 heteroatoms. The van der Waals surface area contributed by atoms with Crippen LogP contribution in [-0.4, -0.2) is 52.2 Å². The van der Waals surface area contributed by atoms with E-state index >= 15 is 0 Å². The number of thioether (sulfide) groups is 2. The van der Waals surface area contributed by atoms with Gasteiger partial charge in [0.15, 0.2) is 12.5 Å². The van der Waals surface area contributed by atoms with Gasteiger partial charge >= 0.3 is 11.9 Å². The molecule has 0 aliphatic heterocycles. The topological polar surface area (TPSA) is 174 Å². The normalized spacial score (nSPS) is 11.7. The fraction of sp³-hybridized carbons (Fsp3) is 0.800. The van der Waals surface area contributed by atoms with Crippen LogP contribution in [0.15, 0.2) is 0 Å². The van der Waals surface area contributed by atoms with E-state index in [0.717, 1.165) is 11.5 Å². The molecule has 22 heavy (non-hydrogen) atoms. The molecule has 9 nitrogen and oxygen atoms in total. The van der Waals surface area contributed by atoms with Gasteiger partial charge in [0.25, 0.3) is 0 Å². The largest absolute Gasteiger partial charge is 0.372 e. The van der Waals surface area contributed by atoms with Crippen molar-refractivity contribution in [1.29, 1.82) is 0 Å². The molecular formula is C10H24N4O5S3. The Bertz CT molecular complexity index is 263. The van der Waals surface area contributed by atoms with E-state index in [-0.39, 0.29) is 0 Å². The van der Waals surface area contributed by atoms with Gasteiger partial charge in [-0.1, -0.05) is 0 Å². The summed E-state index contributed by atoms with van der Waals surface area (Å²) in [5.41, 5.74) is 10.7. The molecule has 0 bridgehead atoms. The lowest BCUT2D eigenvalue weighted by molar-refractivity contribution is -0.146. The third-order valence-corrected chi connectivity index (χ3v) is 3.39. The van der Waals surface area contributed by atoms with E-state index in [1.54, 1.807) is 23.5 Å². The second-order valence-electron chi connectivity index (χ2n) is 3.65. The SMILES string of the molecule is CSCC[C@H](N)C(=O)ON.CSCC[C@H](N)C(=O)ON.O=S. The molecule has 0 saturated carbocycles. The average molecular weight is 377 g/mol. The van der Waals surface area contributed by atoms with Gasteiger partial charge in [0, 0.05) is 0 Å². The van der Waals surface area contributed by atoms with Crippen LogP contribution in [0.2, 0.25) is 0 Å². The van der Waals surface area contributed by atoms with Crippen LogP contribution in [0.1, 0.15) is 12.8 Å². The first-order chi connectivity index (χ1) is 10.4. The molecule has 8 N–H and O–H groups in total. The maximum atomic E-state index is 10.5. The molecular weight excluding hydrogens is 352 g/mol. The molecule has 0 rings (SSSR count). The van der Waals surface area contributed by atoms with Crippen molar-refractivity contribution < 1.29 is 23.5 Å². The minimum atomic E-state index is -0.572. The second kappa shape index (κ2) is 20.5. The summed E-state index contributed by atoms with van der Waals surface area (Å²) in [6.07, 6.45) is 5.11. The molecule has 2 atom stereocenters. The molecule has 0 aromatic rings. The van der Waals surface area contributed by atoms with Gasteiger partial charge in [0.2, 0.25) is 0 Å². The third-order valence-electron chi connectivity index (χ3n) is 2.10. The summed E-state index contributed by atoms with van der Waals surface area (Å²) in [4.78, 5) is 28.9. The van der Waals surface area contributed by atoms with Crippen molar-refractivity contribution in [3.8, 4) is 0 Å². The van der Waals surface area contributed by atoms with Crippen LogP contribution in [0.5, 0.6) is 0 Å². The zero-order chi connectivity index (χ0) is 18.0. The van der Waals surface area contributed by atoms with Crippen molar-refractivity contribution >= 4 is 48.0 Å². The predicted molar refractivity (Wildman–Crippen MR) is 90.7 cm³/mol. The number of carbonyl (C=O) groups excluding carboxylic acids is 2. The molecule has 0 spiro atoms. The molecule has 0 unspecified atom stereocenters. The standard InChI is InChI=1S/2C5H12N2O2S.OS/c2*1-10-3-2-4(6)5(8)9-7;1-2/h2*4H,2-3,6-7H2,1H3;/t2*4-;/m00./s1. The summed E-state index contributed by atoms with van der Waals surface area (Å²) in [6, 6.07) is -1.14. The van der Waals surface area contributed by atoms with Crippen molar-refractivity contribution in [2.24, 2.45) is 23.3 Å². The van der Waals surface area contributed by atoms with Gasteiger partial charge in [-0.15, -0.1) is 0 Å². The maximum absolute atomic E-state index is 10.5. The van der Waals surface area contributed by atoms with Gasteiger partial charge < -0.3 is 21.1 Å². The molecule has 0 radical (unpaired) electrons. The Morgan fingerprint density at radius 2 is 1.18 bits per heavy atom. The van der Waals surface area contributed by atoms with Crippen molar-refractivity contribution in [2.45, 2.75) is 24.9 Å². The molecule has 0 amide bonds. The first-order valence-corrected chi connectivity index (χ1v) is 9.03. The van der Waals surface area contributed by atoms with Crippen LogP contribution in [-0.2, 0) is 31.8 Å². The summed E-state index contributed by atoms with van der Waals surface area (Å²) in [5, 5.41) is 0. The molecule has 132 valence electrons. The number of nitrogens with two attached hydrogens (primary N) is 4. The quantitative estimate of drug-likeness (QED) is 0.366. The molecule has 0 aromatic carbocycles. The number of hydrogen-bond donors (Lipinski definition) is 4. The van der Waals surface area contributed by atoms with E-state index in [1.165, 1.54) is 0 Å². The fourth-order valence-corrected chi connectivity index (χ4v) is 1.88. The van der Waals surface area contributed by atoms with Crippen molar-refractivity contribution in [3.63, 3.8) is 0 Å². The third kappa shape index (κ3) is 17.6. The summed E-state index contributed by atoms with van der Waals surface area (Å²) >= 11 is 6.09. The Labute approximate surface area is 144 Å². The molecule has 0 aromatic heterocycles. The Morgan fingerprint density at radius 1 is 0.909 bits per heavy atom. The minimum Gasteiger partial charge on any atom is -0.372 e. The van der Waals surface area contributed by atoms with Crippen LogP contribution in [0, 0.1) is 0 Å². The average Bonchev–Trinajstić information content (AvgIpc) is 2.58. The Kier molecular flexibility index (Phi) is 24.6. The van der Waals surface area contributed by atoms with Crippen molar-refractivity contribution in [3.05, 3.63) is 0 Å². The van der Waals surface area contributed by atoms with E-state index in [4.69, 9.17) is 15.7 Å². The predicted octanol–water partition coefficient (Wildman–Crippen LogP) is -1.37. The van der Waals surface area contributed by atoms with Gasteiger partial charge in [-0.3, -0.25) is 0 Å². The van der Waals surface area contributed by atoms with E-state index in [2.05, 4.69) is 34.0 Å². The van der Waals surface area contributed by atoms with Gasteiger partial charge in [0.1, 0.15) is 12.1 Å².